The minimum atomic E-state index is -3.48. The van der Waals surface area contributed by atoms with Crippen LogP contribution >= 0.6 is 0 Å². The fourth-order valence-electron chi connectivity index (χ4n) is 1.95. The molecule has 1 fully saturated rings. The standard InChI is InChI=1S/C13H16N4O2S/c18-20(19,16-8-6-11-4-5-11)12-9-15-17(10-12)13-3-1-2-7-14-13/h1-3,7,9-11,16H,4-6,8H2. The van der Waals surface area contributed by atoms with E-state index in [0.717, 1.165) is 6.42 Å². The number of hydrogen-bond acceptors (Lipinski definition) is 4. The number of pyridine rings is 1. The van der Waals surface area contributed by atoms with Crippen LogP contribution in [0.1, 0.15) is 19.3 Å². The molecule has 0 radical (unpaired) electrons. The molecule has 1 aliphatic rings. The topological polar surface area (TPSA) is 76.9 Å². The van der Waals surface area contributed by atoms with Crippen molar-refractivity contribution in [3.63, 3.8) is 0 Å². The molecule has 0 aromatic carbocycles. The van der Waals surface area contributed by atoms with E-state index in [2.05, 4.69) is 14.8 Å². The van der Waals surface area contributed by atoms with Crippen LogP contribution in [0.5, 0.6) is 0 Å². The molecule has 0 bridgehead atoms. The molecular formula is C13H16N4O2S. The number of rotatable bonds is 6. The predicted molar refractivity (Wildman–Crippen MR) is 73.9 cm³/mol. The summed E-state index contributed by atoms with van der Waals surface area (Å²) in [6.45, 7) is 0.488. The second-order valence-electron chi connectivity index (χ2n) is 4.94. The molecule has 3 rings (SSSR count). The van der Waals surface area contributed by atoms with Gasteiger partial charge in [0.1, 0.15) is 4.90 Å². The SMILES string of the molecule is O=S(=O)(NCCC1CC1)c1cnn(-c2ccccn2)c1. The number of sulfonamides is 1. The minimum Gasteiger partial charge on any atom is -0.237 e. The molecule has 1 N–H and O–H groups in total. The predicted octanol–water partition coefficient (Wildman–Crippen LogP) is 1.35. The highest BCUT2D eigenvalue weighted by Gasteiger charge is 2.22. The highest BCUT2D eigenvalue weighted by atomic mass is 32.2. The average molecular weight is 292 g/mol. The van der Waals surface area contributed by atoms with Gasteiger partial charge in [-0.2, -0.15) is 5.10 Å². The molecule has 1 aliphatic carbocycles. The summed E-state index contributed by atoms with van der Waals surface area (Å²) in [6, 6.07) is 5.39. The van der Waals surface area contributed by atoms with E-state index < -0.39 is 10.0 Å². The summed E-state index contributed by atoms with van der Waals surface area (Å²) in [6.07, 6.45) is 7.81. The maximum Gasteiger partial charge on any atom is 0.243 e. The van der Waals surface area contributed by atoms with Gasteiger partial charge in [-0.1, -0.05) is 18.9 Å². The van der Waals surface area contributed by atoms with Crippen molar-refractivity contribution in [2.75, 3.05) is 6.54 Å². The first-order chi connectivity index (χ1) is 9.65. The Morgan fingerprint density at radius 1 is 1.35 bits per heavy atom. The Labute approximate surface area is 117 Å². The molecule has 2 aromatic rings. The molecule has 2 aromatic heterocycles. The fourth-order valence-corrected chi connectivity index (χ4v) is 2.92. The summed E-state index contributed by atoms with van der Waals surface area (Å²) in [4.78, 5) is 4.29. The van der Waals surface area contributed by atoms with Gasteiger partial charge in [0, 0.05) is 12.7 Å². The van der Waals surface area contributed by atoms with Crippen LogP contribution in [0.3, 0.4) is 0 Å². The largest absolute Gasteiger partial charge is 0.243 e. The molecule has 1 saturated carbocycles. The molecule has 0 amide bonds. The van der Waals surface area contributed by atoms with Crippen molar-refractivity contribution in [3.8, 4) is 5.82 Å². The van der Waals surface area contributed by atoms with Crippen molar-refractivity contribution < 1.29 is 8.42 Å². The van der Waals surface area contributed by atoms with Crippen LogP contribution in [0.4, 0.5) is 0 Å². The van der Waals surface area contributed by atoms with Crippen molar-refractivity contribution in [3.05, 3.63) is 36.8 Å². The van der Waals surface area contributed by atoms with Gasteiger partial charge in [0.25, 0.3) is 0 Å². The number of nitrogens with one attached hydrogen (secondary N) is 1. The fraction of sp³-hybridized carbons (Fsp3) is 0.385. The molecule has 0 unspecified atom stereocenters. The van der Waals surface area contributed by atoms with Crippen LogP contribution in [0, 0.1) is 5.92 Å². The van der Waals surface area contributed by atoms with Crippen LogP contribution in [0.2, 0.25) is 0 Å². The Morgan fingerprint density at radius 2 is 2.20 bits per heavy atom. The second kappa shape index (κ2) is 5.34. The van der Waals surface area contributed by atoms with Gasteiger partial charge in [-0.3, -0.25) is 0 Å². The van der Waals surface area contributed by atoms with E-state index in [1.807, 2.05) is 6.07 Å². The smallest absolute Gasteiger partial charge is 0.237 e. The summed E-state index contributed by atoms with van der Waals surface area (Å²) in [5.41, 5.74) is 0. The van der Waals surface area contributed by atoms with Gasteiger partial charge < -0.3 is 0 Å². The first kappa shape index (κ1) is 13.3. The van der Waals surface area contributed by atoms with E-state index in [1.54, 1.807) is 18.3 Å². The van der Waals surface area contributed by atoms with Crippen LogP contribution in [-0.4, -0.2) is 29.7 Å². The van der Waals surface area contributed by atoms with Crippen LogP contribution in [0.25, 0.3) is 5.82 Å². The molecule has 0 saturated heterocycles. The number of nitrogens with zero attached hydrogens (tertiary/aromatic N) is 3. The van der Waals surface area contributed by atoms with Gasteiger partial charge in [0.2, 0.25) is 10.0 Å². The third-order valence-electron chi connectivity index (χ3n) is 3.29. The second-order valence-corrected chi connectivity index (χ2v) is 6.71. The molecule has 6 nitrogen and oxygen atoms in total. The van der Waals surface area contributed by atoms with Crippen molar-refractivity contribution >= 4 is 10.0 Å². The van der Waals surface area contributed by atoms with Gasteiger partial charge in [-0.25, -0.2) is 22.8 Å². The average Bonchev–Trinajstić information content (AvgIpc) is 3.12. The van der Waals surface area contributed by atoms with Crippen molar-refractivity contribution in [1.82, 2.24) is 19.5 Å². The van der Waals surface area contributed by atoms with Gasteiger partial charge in [0.05, 0.1) is 12.4 Å². The zero-order chi connectivity index (χ0) is 14.0. The van der Waals surface area contributed by atoms with Gasteiger partial charge in [0.15, 0.2) is 5.82 Å². The molecule has 0 spiro atoms. The quantitative estimate of drug-likeness (QED) is 0.871. The third kappa shape index (κ3) is 3.05. The van der Waals surface area contributed by atoms with Crippen molar-refractivity contribution in [2.45, 2.75) is 24.2 Å². The Bertz CT molecular complexity index is 677. The van der Waals surface area contributed by atoms with E-state index in [1.165, 1.54) is 29.9 Å². The van der Waals surface area contributed by atoms with Crippen molar-refractivity contribution in [1.29, 1.82) is 0 Å². The molecule has 0 atom stereocenters. The highest BCUT2D eigenvalue weighted by molar-refractivity contribution is 7.89. The molecular weight excluding hydrogens is 276 g/mol. The Hall–Kier alpha value is -1.73. The summed E-state index contributed by atoms with van der Waals surface area (Å²) in [5.74, 6) is 1.29. The third-order valence-corrected chi connectivity index (χ3v) is 4.71. The molecule has 106 valence electrons. The zero-order valence-electron chi connectivity index (χ0n) is 10.9. The van der Waals surface area contributed by atoms with Crippen molar-refractivity contribution in [2.24, 2.45) is 5.92 Å². The van der Waals surface area contributed by atoms with Gasteiger partial charge in [-0.05, 0) is 24.5 Å². The van der Waals surface area contributed by atoms with Gasteiger partial charge in [-0.15, -0.1) is 0 Å². The Morgan fingerprint density at radius 3 is 2.90 bits per heavy atom. The first-order valence-corrected chi connectivity index (χ1v) is 8.09. The van der Waals surface area contributed by atoms with E-state index in [4.69, 9.17) is 0 Å². The van der Waals surface area contributed by atoms with E-state index >= 15 is 0 Å². The lowest BCUT2D eigenvalue weighted by molar-refractivity contribution is 0.575. The normalized spacial score (nSPS) is 15.4. The van der Waals surface area contributed by atoms with Gasteiger partial charge >= 0.3 is 0 Å². The zero-order valence-corrected chi connectivity index (χ0v) is 11.8. The molecule has 0 aliphatic heterocycles. The van der Waals surface area contributed by atoms with Crippen LogP contribution in [-0.2, 0) is 10.0 Å². The number of hydrogen-bond donors (Lipinski definition) is 1. The maximum atomic E-state index is 12.1. The van der Waals surface area contributed by atoms with Crippen LogP contribution in [0.15, 0.2) is 41.7 Å². The summed E-state index contributed by atoms with van der Waals surface area (Å²) in [5, 5.41) is 4.04. The van der Waals surface area contributed by atoms with E-state index in [0.29, 0.717) is 18.3 Å². The van der Waals surface area contributed by atoms with E-state index in [-0.39, 0.29) is 4.90 Å². The Balaban J connectivity index is 1.71. The molecule has 2 heterocycles. The highest BCUT2D eigenvalue weighted by Crippen LogP contribution is 2.31. The minimum absolute atomic E-state index is 0.166. The maximum absolute atomic E-state index is 12.1. The molecule has 7 heteroatoms. The monoisotopic (exact) mass is 292 g/mol. The Kier molecular flexibility index (Phi) is 3.54. The van der Waals surface area contributed by atoms with E-state index in [9.17, 15) is 8.42 Å². The lowest BCUT2D eigenvalue weighted by Crippen LogP contribution is -2.24. The van der Waals surface area contributed by atoms with Crippen LogP contribution < -0.4 is 4.72 Å². The lowest BCUT2D eigenvalue weighted by atomic mass is 10.3. The summed E-state index contributed by atoms with van der Waals surface area (Å²) >= 11 is 0. The lowest BCUT2D eigenvalue weighted by Gasteiger charge is -2.03. The number of aromatic nitrogens is 3. The summed E-state index contributed by atoms with van der Waals surface area (Å²) < 4.78 is 28.3. The first-order valence-electron chi connectivity index (χ1n) is 6.61. The summed E-state index contributed by atoms with van der Waals surface area (Å²) in [7, 11) is -3.48. The molecule has 20 heavy (non-hydrogen) atoms.